The van der Waals surface area contributed by atoms with Crippen LogP contribution in [0.3, 0.4) is 0 Å². The lowest BCUT2D eigenvalue weighted by Crippen LogP contribution is -2.49. The Balaban J connectivity index is 1.95. The van der Waals surface area contributed by atoms with Crippen molar-refractivity contribution in [2.75, 3.05) is 0 Å². The maximum absolute atomic E-state index is 12.1. The van der Waals surface area contributed by atoms with Crippen molar-refractivity contribution < 1.29 is 4.79 Å². The van der Waals surface area contributed by atoms with Crippen LogP contribution in [-0.4, -0.2) is 16.9 Å². The lowest BCUT2D eigenvalue weighted by Gasteiger charge is -2.21. The van der Waals surface area contributed by atoms with Crippen LogP contribution in [0.5, 0.6) is 0 Å². The summed E-state index contributed by atoms with van der Waals surface area (Å²) in [6.45, 7) is 0.566. The van der Waals surface area contributed by atoms with Crippen molar-refractivity contribution in [3.8, 4) is 0 Å². The van der Waals surface area contributed by atoms with Crippen molar-refractivity contribution in [2.24, 2.45) is 0 Å². The summed E-state index contributed by atoms with van der Waals surface area (Å²) in [6.07, 6.45) is -0.527. The van der Waals surface area contributed by atoms with Gasteiger partial charge in [0.15, 0.2) is 0 Å². The van der Waals surface area contributed by atoms with Crippen molar-refractivity contribution >= 4 is 29.1 Å². The van der Waals surface area contributed by atoms with Crippen molar-refractivity contribution in [1.29, 1.82) is 0 Å². The largest absolute Gasteiger partial charge is 0.334 e. The Morgan fingerprint density at radius 3 is 2.10 bits per heavy atom. The van der Waals surface area contributed by atoms with Crippen LogP contribution in [0.25, 0.3) is 0 Å². The molecule has 0 spiro atoms. The van der Waals surface area contributed by atoms with E-state index in [2.05, 4.69) is 10.6 Å². The van der Waals surface area contributed by atoms with Gasteiger partial charge < -0.3 is 5.32 Å². The molecule has 5 heteroatoms. The van der Waals surface area contributed by atoms with Crippen molar-refractivity contribution in [3.63, 3.8) is 0 Å². The van der Waals surface area contributed by atoms with E-state index in [4.69, 9.17) is 23.2 Å². The molecular weight excluding hydrogens is 307 g/mol. The van der Waals surface area contributed by atoms with Crippen molar-refractivity contribution in [1.82, 2.24) is 10.6 Å². The number of nitrogens with one attached hydrogen (secondary N) is 2. The number of halogens is 2. The van der Waals surface area contributed by atoms with Gasteiger partial charge in [-0.15, -0.1) is 23.2 Å². The van der Waals surface area contributed by atoms with Gasteiger partial charge in [0.1, 0.15) is 11.0 Å². The Morgan fingerprint density at radius 2 is 1.52 bits per heavy atom. The van der Waals surface area contributed by atoms with E-state index >= 15 is 0 Å². The molecule has 2 rings (SSSR count). The Hall–Kier alpha value is -1.55. The van der Waals surface area contributed by atoms with E-state index in [1.807, 2.05) is 36.4 Å². The first-order chi connectivity index (χ1) is 10.2. The molecule has 0 aliphatic heterocycles. The smallest absolute Gasteiger partial charge is 0.252 e. The number of rotatable bonds is 6. The quantitative estimate of drug-likeness (QED) is 0.632. The van der Waals surface area contributed by atoms with Gasteiger partial charge in [0, 0.05) is 12.1 Å². The summed E-state index contributed by atoms with van der Waals surface area (Å²) in [5.74, 6) is -0.215. The zero-order valence-corrected chi connectivity index (χ0v) is 12.8. The molecule has 0 saturated heterocycles. The molecule has 2 aromatic carbocycles. The zero-order valence-electron chi connectivity index (χ0n) is 11.3. The minimum Gasteiger partial charge on any atom is -0.334 e. The van der Waals surface area contributed by atoms with Gasteiger partial charge in [0.05, 0.1) is 0 Å². The topological polar surface area (TPSA) is 41.1 Å². The molecular formula is C16H16Cl2N2O. The molecule has 0 aliphatic carbocycles. The lowest BCUT2D eigenvalue weighted by molar-refractivity contribution is 0.0931. The van der Waals surface area contributed by atoms with Crippen LogP contribution in [0, 0.1) is 0 Å². The van der Waals surface area contributed by atoms with Gasteiger partial charge in [0.25, 0.3) is 5.91 Å². The second-order valence-electron chi connectivity index (χ2n) is 4.52. The van der Waals surface area contributed by atoms with Gasteiger partial charge in [-0.2, -0.15) is 0 Å². The summed E-state index contributed by atoms with van der Waals surface area (Å²) in [5, 5.41) is 5.93. The third kappa shape index (κ3) is 5.05. The average Bonchev–Trinajstić information content (AvgIpc) is 2.52. The molecule has 1 atom stereocenters. The third-order valence-electron chi connectivity index (χ3n) is 2.94. The molecule has 110 valence electrons. The maximum atomic E-state index is 12.1. The number of amides is 1. The number of benzene rings is 2. The lowest BCUT2D eigenvalue weighted by atomic mass is 10.2. The van der Waals surface area contributed by atoms with Crippen molar-refractivity contribution in [3.05, 3.63) is 71.8 Å². The highest BCUT2D eigenvalue weighted by atomic mass is 35.5. The second kappa shape index (κ2) is 8.03. The van der Waals surface area contributed by atoms with E-state index in [9.17, 15) is 4.79 Å². The molecule has 0 radical (unpaired) electrons. The molecule has 21 heavy (non-hydrogen) atoms. The highest BCUT2D eigenvalue weighted by molar-refractivity contribution is 6.44. The van der Waals surface area contributed by atoms with Gasteiger partial charge in [-0.1, -0.05) is 48.5 Å². The Kier molecular flexibility index (Phi) is 6.05. The van der Waals surface area contributed by atoms with E-state index in [1.165, 1.54) is 0 Å². The van der Waals surface area contributed by atoms with E-state index in [0.29, 0.717) is 12.1 Å². The van der Waals surface area contributed by atoms with E-state index in [1.54, 1.807) is 24.3 Å². The summed E-state index contributed by atoms with van der Waals surface area (Å²) in [5.41, 5.74) is 1.66. The fourth-order valence-corrected chi connectivity index (χ4v) is 2.15. The minimum atomic E-state index is -0.749. The number of carbonyl (C=O) groups is 1. The summed E-state index contributed by atoms with van der Waals surface area (Å²) in [6, 6.07) is 18.8. The third-order valence-corrected chi connectivity index (χ3v) is 3.45. The van der Waals surface area contributed by atoms with Crippen LogP contribution in [0.15, 0.2) is 60.7 Å². The van der Waals surface area contributed by atoms with E-state index in [-0.39, 0.29) is 5.91 Å². The predicted molar refractivity (Wildman–Crippen MR) is 86.5 cm³/mol. The van der Waals surface area contributed by atoms with Crippen LogP contribution in [0.4, 0.5) is 0 Å². The molecule has 0 aromatic heterocycles. The van der Waals surface area contributed by atoms with Gasteiger partial charge in [-0.25, -0.2) is 0 Å². The summed E-state index contributed by atoms with van der Waals surface area (Å²) in [7, 11) is 0. The first kappa shape index (κ1) is 15.8. The summed E-state index contributed by atoms with van der Waals surface area (Å²) >= 11 is 11.9. The van der Waals surface area contributed by atoms with E-state index < -0.39 is 11.0 Å². The number of hydrogen-bond donors (Lipinski definition) is 2. The van der Waals surface area contributed by atoms with Gasteiger partial charge in [0.2, 0.25) is 0 Å². The molecule has 1 amide bonds. The molecule has 2 aromatic rings. The summed E-state index contributed by atoms with van der Waals surface area (Å²) in [4.78, 5) is 11.4. The van der Waals surface area contributed by atoms with Crippen molar-refractivity contribution in [2.45, 2.75) is 17.5 Å². The molecule has 2 N–H and O–H groups in total. The molecule has 0 bridgehead atoms. The minimum absolute atomic E-state index is 0.215. The first-order valence-corrected chi connectivity index (χ1v) is 7.45. The molecule has 0 aliphatic rings. The zero-order chi connectivity index (χ0) is 15.1. The van der Waals surface area contributed by atoms with Crippen LogP contribution in [-0.2, 0) is 6.54 Å². The highest BCUT2D eigenvalue weighted by Crippen LogP contribution is 2.09. The monoisotopic (exact) mass is 322 g/mol. The highest BCUT2D eigenvalue weighted by Gasteiger charge is 2.19. The molecule has 0 saturated carbocycles. The molecule has 0 unspecified atom stereocenters. The van der Waals surface area contributed by atoms with Crippen LogP contribution < -0.4 is 10.6 Å². The van der Waals surface area contributed by atoms with E-state index in [0.717, 1.165) is 5.56 Å². The molecule has 3 nitrogen and oxygen atoms in total. The van der Waals surface area contributed by atoms with Crippen LogP contribution in [0.2, 0.25) is 0 Å². The van der Waals surface area contributed by atoms with Gasteiger partial charge >= 0.3 is 0 Å². The Morgan fingerprint density at radius 1 is 0.952 bits per heavy atom. The average molecular weight is 323 g/mol. The van der Waals surface area contributed by atoms with Gasteiger partial charge in [-0.05, 0) is 17.7 Å². The fourth-order valence-electron chi connectivity index (χ4n) is 1.84. The normalized spacial score (nSPS) is 12.1. The predicted octanol–water partition coefficient (Wildman–Crippen LogP) is 3.34. The van der Waals surface area contributed by atoms with Gasteiger partial charge in [-0.3, -0.25) is 10.1 Å². The summed E-state index contributed by atoms with van der Waals surface area (Å²) < 4.78 is 0. The Labute approximate surface area is 134 Å². The fraction of sp³-hybridized carbons (Fsp3) is 0.188. The first-order valence-electron chi connectivity index (χ1n) is 6.58. The number of hydrogen-bond acceptors (Lipinski definition) is 2. The SMILES string of the molecule is O=C(N[C@@H](NCc1ccccc1)C(Cl)Cl)c1ccccc1. The number of alkyl halides is 2. The second-order valence-corrected chi connectivity index (χ2v) is 5.68. The van der Waals surface area contributed by atoms with Crippen LogP contribution in [0.1, 0.15) is 15.9 Å². The standard InChI is InChI=1S/C16H16Cl2N2O/c17-14(18)15(19-11-12-7-3-1-4-8-12)20-16(21)13-9-5-2-6-10-13/h1-10,14-15,19H,11H2,(H,20,21)/t15-/m1/s1. The Bertz CT molecular complexity index is 561. The van der Waals surface area contributed by atoms with Crippen LogP contribution >= 0.6 is 23.2 Å². The number of carbonyl (C=O) groups excluding carboxylic acids is 1. The maximum Gasteiger partial charge on any atom is 0.252 e. The molecule has 0 heterocycles. The molecule has 0 fully saturated rings.